The molecular weight excluding hydrogens is 342 g/mol. The van der Waals surface area contributed by atoms with Crippen molar-refractivity contribution in [1.82, 2.24) is 4.90 Å². The molecule has 0 fully saturated rings. The summed E-state index contributed by atoms with van der Waals surface area (Å²) in [5, 5.41) is 10.2. The third kappa shape index (κ3) is 2.85. The summed E-state index contributed by atoms with van der Waals surface area (Å²) in [5.41, 5.74) is 3.69. The zero-order valence-electron chi connectivity index (χ0n) is 12.8. The average molecular weight is 362 g/mol. The highest BCUT2D eigenvalue weighted by atomic mass is 79.9. The van der Waals surface area contributed by atoms with E-state index in [0.29, 0.717) is 5.75 Å². The molecule has 0 aliphatic carbocycles. The Morgan fingerprint density at radius 2 is 2.00 bits per heavy atom. The van der Waals surface area contributed by atoms with Crippen molar-refractivity contribution in [2.45, 2.75) is 12.3 Å². The molecule has 1 N–H and O–H groups in total. The topological polar surface area (TPSA) is 32.7 Å². The summed E-state index contributed by atoms with van der Waals surface area (Å²) in [6, 6.07) is 12.2. The third-order valence-corrected chi connectivity index (χ3v) is 5.08. The molecule has 116 valence electrons. The Kier molecular flexibility index (Phi) is 4.41. The van der Waals surface area contributed by atoms with Gasteiger partial charge in [-0.1, -0.05) is 34.1 Å². The lowest BCUT2D eigenvalue weighted by Crippen LogP contribution is -2.24. The predicted octanol–water partition coefficient (Wildman–Crippen LogP) is 3.78. The minimum absolute atomic E-state index is 0.211. The van der Waals surface area contributed by atoms with Gasteiger partial charge in [0.15, 0.2) is 11.5 Å². The van der Waals surface area contributed by atoms with Crippen LogP contribution in [0.15, 0.2) is 40.9 Å². The number of halogens is 1. The monoisotopic (exact) mass is 361 g/mol. The number of phenols is 1. The van der Waals surface area contributed by atoms with Gasteiger partial charge in [0.1, 0.15) is 0 Å². The fourth-order valence-corrected chi connectivity index (χ4v) is 3.73. The first-order chi connectivity index (χ1) is 10.6. The first kappa shape index (κ1) is 15.4. The fourth-order valence-electron chi connectivity index (χ4n) is 3.17. The molecule has 2 aromatic carbocycles. The van der Waals surface area contributed by atoms with Gasteiger partial charge in [-0.3, -0.25) is 0 Å². The van der Waals surface area contributed by atoms with E-state index in [2.05, 4.69) is 46.1 Å². The molecule has 4 heteroatoms. The summed E-state index contributed by atoms with van der Waals surface area (Å²) in [4.78, 5) is 2.34. The number of hydrogen-bond acceptors (Lipinski definition) is 3. The van der Waals surface area contributed by atoms with E-state index in [4.69, 9.17) is 4.74 Å². The van der Waals surface area contributed by atoms with Crippen LogP contribution >= 0.6 is 15.9 Å². The molecule has 0 spiro atoms. The summed E-state index contributed by atoms with van der Waals surface area (Å²) >= 11 is 3.67. The number of nitrogens with zero attached hydrogens (tertiary/aromatic N) is 1. The van der Waals surface area contributed by atoms with Crippen molar-refractivity contribution in [1.29, 1.82) is 0 Å². The van der Waals surface area contributed by atoms with Gasteiger partial charge in [0.25, 0.3) is 0 Å². The molecule has 1 aliphatic rings. The van der Waals surface area contributed by atoms with Crippen LogP contribution in [0.4, 0.5) is 0 Å². The van der Waals surface area contributed by atoms with Crippen molar-refractivity contribution >= 4 is 15.9 Å². The van der Waals surface area contributed by atoms with Crippen molar-refractivity contribution < 1.29 is 9.84 Å². The molecular formula is C18H20BrNO2. The lowest BCUT2D eigenvalue weighted by molar-refractivity contribution is 0.337. The highest BCUT2D eigenvalue weighted by molar-refractivity contribution is 9.10. The van der Waals surface area contributed by atoms with Crippen LogP contribution in [-0.2, 0) is 6.42 Å². The summed E-state index contributed by atoms with van der Waals surface area (Å²) < 4.78 is 6.38. The molecule has 22 heavy (non-hydrogen) atoms. The van der Waals surface area contributed by atoms with Crippen molar-refractivity contribution in [2.75, 3.05) is 27.2 Å². The van der Waals surface area contributed by atoms with E-state index < -0.39 is 0 Å². The van der Waals surface area contributed by atoms with Crippen LogP contribution in [0, 0.1) is 0 Å². The summed E-state index contributed by atoms with van der Waals surface area (Å²) in [6.07, 6.45) is 0.962. The summed E-state index contributed by atoms with van der Waals surface area (Å²) in [6.45, 7) is 1.93. The highest BCUT2D eigenvalue weighted by Gasteiger charge is 2.25. The third-order valence-electron chi connectivity index (χ3n) is 4.35. The number of hydrogen-bond donors (Lipinski definition) is 1. The summed E-state index contributed by atoms with van der Waals surface area (Å²) in [7, 11) is 3.74. The Hall–Kier alpha value is -1.52. The van der Waals surface area contributed by atoms with Crippen LogP contribution in [-0.4, -0.2) is 37.3 Å². The lowest BCUT2D eigenvalue weighted by atomic mass is 9.87. The predicted molar refractivity (Wildman–Crippen MR) is 91.8 cm³/mol. The van der Waals surface area contributed by atoms with Crippen LogP contribution in [0.3, 0.4) is 0 Å². The first-order valence-electron chi connectivity index (χ1n) is 7.43. The number of aromatic hydroxyl groups is 1. The number of fused-ring (bicyclic) bond motifs is 1. The number of likely N-dealkylation sites (N-methyl/N-ethyl adjacent to an activating group) is 1. The molecule has 2 aromatic rings. The zero-order valence-corrected chi connectivity index (χ0v) is 14.4. The molecule has 1 aliphatic heterocycles. The van der Waals surface area contributed by atoms with Gasteiger partial charge in [-0.2, -0.15) is 0 Å². The van der Waals surface area contributed by atoms with Crippen LogP contribution in [0.25, 0.3) is 0 Å². The van der Waals surface area contributed by atoms with Crippen molar-refractivity contribution in [3.8, 4) is 11.5 Å². The minimum Gasteiger partial charge on any atom is -0.504 e. The highest BCUT2D eigenvalue weighted by Crippen LogP contribution is 2.39. The zero-order chi connectivity index (χ0) is 15.7. The van der Waals surface area contributed by atoms with Gasteiger partial charge in [0.05, 0.1) is 7.11 Å². The van der Waals surface area contributed by atoms with E-state index >= 15 is 0 Å². The van der Waals surface area contributed by atoms with Gasteiger partial charge >= 0.3 is 0 Å². The smallest absolute Gasteiger partial charge is 0.160 e. The lowest BCUT2D eigenvalue weighted by Gasteiger charge is -2.23. The molecule has 1 heterocycles. The number of ether oxygens (including phenoxy) is 1. The van der Waals surface area contributed by atoms with Crippen molar-refractivity contribution in [3.63, 3.8) is 0 Å². The van der Waals surface area contributed by atoms with Gasteiger partial charge in [0.2, 0.25) is 0 Å². The van der Waals surface area contributed by atoms with Crippen molar-refractivity contribution in [2.24, 2.45) is 0 Å². The largest absolute Gasteiger partial charge is 0.504 e. The SMILES string of the molecule is COc1cc2c(cc1O)C(c1ccccc1Br)CN(C)CC2. The number of methoxy groups -OCH3 is 1. The molecule has 0 amide bonds. The molecule has 1 unspecified atom stereocenters. The van der Waals surface area contributed by atoms with Gasteiger partial charge in [-0.05, 0) is 48.4 Å². The minimum atomic E-state index is 0.211. The Bertz CT molecular complexity index is 687. The quantitative estimate of drug-likeness (QED) is 0.883. The molecule has 1 atom stereocenters. The van der Waals surface area contributed by atoms with Gasteiger partial charge < -0.3 is 14.7 Å². The molecule has 3 nitrogen and oxygen atoms in total. The van der Waals surface area contributed by atoms with E-state index in [0.717, 1.165) is 24.0 Å². The molecule has 0 saturated carbocycles. The van der Waals surface area contributed by atoms with E-state index in [1.807, 2.05) is 18.2 Å². The normalized spacial score (nSPS) is 18.6. The van der Waals surface area contributed by atoms with E-state index in [1.54, 1.807) is 7.11 Å². The maximum absolute atomic E-state index is 10.2. The van der Waals surface area contributed by atoms with Gasteiger partial charge in [-0.15, -0.1) is 0 Å². The second-order valence-corrected chi connectivity index (χ2v) is 6.66. The van der Waals surface area contributed by atoms with E-state index in [1.165, 1.54) is 16.7 Å². The average Bonchev–Trinajstić information content (AvgIpc) is 2.66. The molecule has 0 radical (unpaired) electrons. The van der Waals surface area contributed by atoms with Gasteiger partial charge in [-0.25, -0.2) is 0 Å². The number of rotatable bonds is 2. The molecule has 0 aromatic heterocycles. The standard InChI is InChI=1S/C18H20BrNO2/c1-20-8-7-12-9-18(22-2)17(21)10-14(12)15(11-20)13-5-3-4-6-16(13)19/h3-6,9-10,15,21H,7-8,11H2,1-2H3. The second-order valence-electron chi connectivity index (χ2n) is 5.81. The molecule has 0 bridgehead atoms. The van der Waals surface area contributed by atoms with Gasteiger partial charge in [0, 0.05) is 23.5 Å². The Morgan fingerprint density at radius 3 is 2.73 bits per heavy atom. The second kappa shape index (κ2) is 6.31. The first-order valence-corrected chi connectivity index (χ1v) is 8.22. The Balaban J connectivity index is 2.15. The van der Waals surface area contributed by atoms with Crippen molar-refractivity contribution in [3.05, 3.63) is 57.6 Å². The molecule has 3 rings (SSSR count). The van der Waals surface area contributed by atoms with Crippen LogP contribution in [0.5, 0.6) is 11.5 Å². The van der Waals surface area contributed by atoms with E-state index in [9.17, 15) is 5.11 Å². The maximum atomic E-state index is 10.2. The van der Waals surface area contributed by atoms with Crippen LogP contribution in [0.2, 0.25) is 0 Å². The Labute approximate surface area is 139 Å². The number of phenolic OH excluding ortho intramolecular Hbond substituents is 1. The van der Waals surface area contributed by atoms with Crippen LogP contribution < -0.4 is 4.74 Å². The number of benzene rings is 2. The maximum Gasteiger partial charge on any atom is 0.160 e. The van der Waals surface area contributed by atoms with Crippen LogP contribution in [0.1, 0.15) is 22.6 Å². The molecule has 0 saturated heterocycles. The Morgan fingerprint density at radius 1 is 1.23 bits per heavy atom. The van der Waals surface area contributed by atoms with E-state index in [-0.39, 0.29) is 11.7 Å². The fraction of sp³-hybridized carbons (Fsp3) is 0.333. The summed E-state index contributed by atoms with van der Waals surface area (Å²) in [5.74, 6) is 0.993.